The van der Waals surface area contributed by atoms with Crippen molar-refractivity contribution in [1.29, 1.82) is 0 Å². The molecule has 0 bridgehead atoms. The lowest BCUT2D eigenvalue weighted by atomic mass is 10.4. The van der Waals surface area contributed by atoms with Crippen molar-refractivity contribution in [2.75, 3.05) is 58.1 Å². The maximum atomic E-state index is 4.97. The van der Waals surface area contributed by atoms with Crippen LogP contribution in [-0.4, -0.2) is 67.5 Å². The van der Waals surface area contributed by atoms with Crippen molar-refractivity contribution < 1.29 is 4.74 Å². The predicted octanol–water partition coefficient (Wildman–Crippen LogP) is 0.294. The van der Waals surface area contributed by atoms with Gasteiger partial charge in [-0.3, -0.25) is 0 Å². The number of nitrogens with zero attached hydrogens (tertiary/aromatic N) is 4. The normalized spacial score (nSPS) is 10.7. The van der Waals surface area contributed by atoms with Crippen molar-refractivity contribution in [3.63, 3.8) is 0 Å². The van der Waals surface area contributed by atoms with E-state index in [4.69, 9.17) is 4.74 Å². The fourth-order valence-corrected chi connectivity index (χ4v) is 1.29. The molecule has 18 heavy (non-hydrogen) atoms. The van der Waals surface area contributed by atoms with Crippen molar-refractivity contribution in [1.82, 2.24) is 20.1 Å². The zero-order valence-corrected chi connectivity index (χ0v) is 11.3. The molecule has 1 aromatic heterocycles. The van der Waals surface area contributed by atoms with Gasteiger partial charge in [-0.2, -0.15) is 10.1 Å². The van der Waals surface area contributed by atoms with Gasteiger partial charge in [0.15, 0.2) is 5.82 Å². The molecule has 0 aliphatic rings. The number of methoxy groups -OCH3 is 1. The van der Waals surface area contributed by atoms with Crippen LogP contribution in [0.5, 0.6) is 0 Å². The minimum absolute atomic E-state index is 0.550. The second-order valence-corrected chi connectivity index (χ2v) is 4.17. The molecule has 7 heteroatoms. The van der Waals surface area contributed by atoms with Crippen molar-refractivity contribution >= 4 is 11.8 Å². The zero-order chi connectivity index (χ0) is 13.2. The molecule has 0 aliphatic heterocycles. The summed E-state index contributed by atoms with van der Waals surface area (Å²) in [5, 5.41) is 14.1. The lowest BCUT2D eigenvalue weighted by Crippen LogP contribution is -2.21. The summed E-state index contributed by atoms with van der Waals surface area (Å²) in [5.41, 5.74) is 0. The number of nitrogens with one attached hydrogen (secondary N) is 2. The van der Waals surface area contributed by atoms with E-state index in [0.717, 1.165) is 38.5 Å². The summed E-state index contributed by atoms with van der Waals surface area (Å²) in [4.78, 5) is 6.40. The van der Waals surface area contributed by atoms with Gasteiger partial charge in [-0.1, -0.05) is 0 Å². The summed E-state index contributed by atoms with van der Waals surface area (Å²) < 4.78 is 4.97. The van der Waals surface area contributed by atoms with E-state index >= 15 is 0 Å². The van der Waals surface area contributed by atoms with E-state index in [-0.39, 0.29) is 0 Å². The van der Waals surface area contributed by atoms with Gasteiger partial charge in [0.2, 0.25) is 5.95 Å². The Balaban J connectivity index is 2.32. The van der Waals surface area contributed by atoms with Crippen LogP contribution < -0.4 is 10.6 Å². The molecule has 102 valence electrons. The smallest absolute Gasteiger partial charge is 0.244 e. The lowest BCUT2D eigenvalue weighted by molar-refractivity contribution is 0.197. The molecule has 1 rings (SSSR count). The molecule has 0 saturated carbocycles. The van der Waals surface area contributed by atoms with Crippen LogP contribution in [0.4, 0.5) is 11.8 Å². The van der Waals surface area contributed by atoms with Crippen LogP contribution in [-0.2, 0) is 4.74 Å². The summed E-state index contributed by atoms with van der Waals surface area (Å²) >= 11 is 0. The molecule has 0 radical (unpaired) electrons. The number of hydrogen-bond donors (Lipinski definition) is 2. The van der Waals surface area contributed by atoms with E-state index in [1.54, 1.807) is 13.3 Å². The van der Waals surface area contributed by atoms with Crippen molar-refractivity contribution in [2.45, 2.75) is 6.42 Å². The monoisotopic (exact) mass is 254 g/mol. The molecule has 7 nitrogen and oxygen atoms in total. The lowest BCUT2D eigenvalue weighted by Gasteiger charge is -2.10. The molecule has 0 atom stereocenters. The van der Waals surface area contributed by atoms with Gasteiger partial charge in [0, 0.05) is 33.4 Å². The van der Waals surface area contributed by atoms with Gasteiger partial charge in [-0.05, 0) is 20.5 Å². The Labute approximate surface area is 108 Å². The highest BCUT2D eigenvalue weighted by Crippen LogP contribution is 2.03. The van der Waals surface area contributed by atoms with Gasteiger partial charge in [0.25, 0.3) is 0 Å². The highest BCUT2D eigenvalue weighted by molar-refractivity contribution is 5.36. The van der Waals surface area contributed by atoms with Gasteiger partial charge in [-0.15, -0.1) is 5.10 Å². The van der Waals surface area contributed by atoms with Crippen LogP contribution in [0.15, 0.2) is 6.20 Å². The average molecular weight is 254 g/mol. The maximum Gasteiger partial charge on any atom is 0.244 e. The first kappa shape index (κ1) is 14.6. The summed E-state index contributed by atoms with van der Waals surface area (Å²) in [5.74, 6) is 1.28. The Morgan fingerprint density at radius 1 is 1.28 bits per heavy atom. The number of rotatable bonds is 9. The van der Waals surface area contributed by atoms with Gasteiger partial charge in [-0.25, -0.2) is 0 Å². The van der Waals surface area contributed by atoms with Gasteiger partial charge in [0.1, 0.15) is 0 Å². The molecule has 0 unspecified atom stereocenters. The molecule has 1 heterocycles. The molecule has 1 aromatic rings. The molecule has 0 fully saturated rings. The van der Waals surface area contributed by atoms with Crippen molar-refractivity contribution in [2.24, 2.45) is 0 Å². The summed E-state index contributed by atoms with van der Waals surface area (Å²) in [7, 11) is 5.74. The van der Waals surface area contributed by atoms with Gasteiger partial charge < -0.3 is 20.3 Å². The predicted molar refractivity (Wildman–Crippen MR) is 71.9 cm³/mol. The molecule has 0 aromatic carbocycles. The van der Waals surface area contributed by atoms with Crippen LogP contribution in [0.25, 0.3) is 0 Å². The Morgan fingerprint density at radius 2 is 2.11 bits per heavy atom. The summed E-state index contributed by atoms with van der Waals surface area (Å²) in [6.45, 7) is 3.26. The molecular weight excluding hydrogens is 232 g/mol. The third kappa shape index (κ3) is 6.31. The molecule has 0 aliphatic carbocycles. The molecular formula is C11H22N6O. The fourth-order valence-electron chi connectivity index (χ4n) is 1.29. The third-order valence-electron chi connectivity index (χ3n) is 2.23. The number of aromatic nitrogens is 3. The first-order valence-corrected chi connectivity index (χ1v) is 6.03. The average Bonchev–Trinajstić information content (AvgIpc) is 2.35. The molecule has 0 spiro atoms. The highest BCUT2D eigenvalue weighted by atomic mass is 16.5. The van der Waals surface area contributed by atoms with Crippen LogP contribution >= 0.6 is 0 Å². The standard InChI is InChI=1S/C11H22N6O/c1-17(2)7-6-13-11-15-10(9-14-16-11)12-5-4-8-18-3/h9H,4-8H2,1-3H3,(H2,12,13,15,16). The quantitative estimate of drug-likeness (QED) is 0.614. The topological polar surface area (TPSA) is 75.2 Å². The Bertz CT molecular complexity index is 333. The highest BCUT2D eigenvalue weighted by Gasteiger charge is 1.99. The van der Waals surface area contributed by atoms with E-state index in [9.17, 15) is 0 Å². The van der Waals surface area contributed by atoms with Crippen LogP contribution in [0, 0.1) is 0 Å². The van der Waals surface area contributed by atoms with E-state index in [0.29, 0.717) is 5.95 Å². The molecule has 0 saturated heterocycles. The first-order chi connectivity index (χ1) is 8.72. The minimum atomic E-state index is 0.550. The SMILES string of the molecule is COCCCNc1cnnc(NCCN(C)C)n1. The first-order valence-electron chi connectivity index (χ1n) is 6.03. The number of anilines is 2. The van der Waals surface area contributed by atoms with E-state index in [1.165, 1.54) is 0 Å². The summed E-state index contributed by atoms with van der Waals surface area (Å²) in [6.07, 6.45) is 2.55. The number of likely N-dealkylation sites (N-methyl/N-ethyl adjacent to an activating group) is 1. The fraction of sp³-hybridized carbons (Fsp3) is 0.727. The van der Waals surface area contributed by atoms with E-state index < -0.39 is 0 Å². The Kier molecular flexibility index (Phi) is 6.97. The largest absolute Gasteiger partial charge is 0.385 e. The Hall–Kier alpha value is -1.47. The van der Waals surface area contributed by atoms with Crippen LogP contribution in [0.2, 0.25) is 0 Å². The van der Waals surface area contributed by atoms with Gasteiger partial charge in [0.05, 0.1) is 6.20 Å². The zero-order valence-electron chi connectivity index (χ0n) is 11.3. The second kappa shape index (κ2) is 8.60. The minimum Gasteiger partial charge on any atom is -0.385 e. The third-order valence-corrected chi connectivity index (χ3v) is 2.23. The van der Waals surface area contributed by atoms with Crippen molar-refractivity contribution in [3.8, 4) is 0 Å². The Morgan fingerprint density at radius 3 is 2.83 bits per heavy atom. The van der Waals surface area contributed by atoms with Crippen LogP contribution in [0.1, 0.15) is 6.42 Å². The van der Waals surface area contributed by atoms with E-state index in [2.05, 4.69) is 30.7 Å². The molecule has 2 N–H and O–H groups in total. The molecule has 0 amide bonds. The van der Waals surface area contributed by atoms with Crippen molar-refractivity contribution in [3.05, 3.63) is 6.20 Å². The summed E-state index contributed by atoms with van der Waals surface area (Å²) in [6, 6.07) is 0. The van der Waals surface area contributed by atoms with Gasteiger partial charge >= 0.3 is 0 Å². The van der Waals surface area contributed by atoms with Crippen LogP contribution in [0.3, 0.4) is 0 Å². The number of ether oxygens (including phenoxy) is 1. The number of hydrogen-bond acceptors (Lipinski definition) is 7. The van der Waals surface area contributed by atoms with E-state index in [1.807, 2.05) is 14.1 Å². The second-order valence-electron chi connectivity index (χ2n) is 4.17. The maximum absolute atomic E-state index is 4.97.